The van der Waals surface area contributed by atoms with E-state index in [9.17, 15) is 4.79 Å². The maximum absolute atomic E-state index is 10.9. The van der Waals surface area contributed by atoms with Crippen molar-refractivity contribution in [3.63, 3.8) is 0 Å². The number of hydrogen-bond acceptors (Lipinski definition) is 2. The molecular formula is C9H9ClO2S. The van der Waals surface area contributed by atoms with Gasteiger partial charge in [-0.3, -0.25) is 0 Å². The number of carboxylic acid groups (broad SMARTS) is 1. The van der Waals surface area contributed by atoms with Crippen LogP contribution in [0.4, 0.5) is 0 Å². The van der Waals surface area contributed by atoms with Crippen LogP contribution in [0.1, 0.15) is 15.9 Å². The van der Waals surface area contributed by atoms with Gasteiger partial charge in [0.2, 0.25) is 0 Å². The third-order valence-corrected chi connectivity index (χ3v) is 3.00. The molecule has 1 aromatic carbocycles. The third kappa shape index (κ3) is 1.98. The van der Waals surface area contributed by atoms with E-state index in [2.05, 4.69) is 0 Å². The van der Waals surface area contributed by atoms with E-state index < -0.39 is 5.97 Å². The van der Waals surface area contributed by atoms with Gasteiger partial charge in [0.05, 0.1) is 10.6 Å². The first kappa shape index (κ1) is 10.4. The Hall–Kier alpha value is -0.670. The number of carbonyl (C=O) groups is 1. The van der Waals surface area contributed by atoms with Crippen molar-refractivity contribution >= 4 is 29.3 Å². The molecule has 1 rings (SSSR count). The molecule has 0 heterocycles. The first-order valence-corrected chi connectivity index (χ1v) is 5.24. The summed E-state index contributed by atoms with van der Waals surface area (Å²) in [5.41, 5.74) is 1.04. The second-order valence-electron chi connectivity index (χ2n) is 2.58. The van der Waals surface area contributed by atoms with Crippen molar-refractivity contribution in [2.24, 2.45) is 0 Å². The van der Waals surface area contributed by atoms with Crippen LogP contribution >= 0.6 is 23.4 Å². The zero-order valence-corrected chi connectivity index (χ0v) is 8.87. The Morgan fingerprint density at radius 1 is 1.54 bits per heavy atom. The highest BCUT2D eigenvalue weighted by Gasteiger charge is 2.15. The molecule has 0 amide bonds. The van der Waals surface area contributed by atoms with Crippen molar-refractivity contribution < 1.29 is 9.90 Å². The van der Waals surface area contributed by atoms with E-state index in [4.69, 9.17) is 16.7 Å². The highest BCUT2D eigenvalue weighted by atomic mass is 35.5. The number of rotatable bonds is 2. The molecule has 0 radical (unpaired) electrons. The minimum absolute atomic E-state index is 0.306. The summed E-state index contributed by atoms with van der Waals surface area (Å²) in [6, 6.07) is 3.43. The molecule has 0 aromatic heterocycles. The molecule has 0 unspecified atom stereocenters. The van der Waals surface area contributed by atoms with Gasteiger partial charge in [-0.15, -0.1) is 11.8 Å². The standard InChI is InChI=1S/C9H9ClO2S/c1-5-3-4-6(10)8(13-2)7(5)9(11)12/h3-4H,1-2H3,(H,11,12). The van der Waals surface area contributed by atoms with Crippen LogP contribution in [0.5, 0.6) is 0 Å². The van der Waals surface area contributed by atoms with Gasteiger partial charge in [-0.1, -0.05) is 17.7 Å². The molecule has 4 heteroatoms. The largest absolute Gasteiger partial charge is 0.478 e. The van der Waals surface area contributed by atoms with Crippen LogP contribution in [0.3, 0.4) is 0 Å². The molecule has 0 aliphatic carbocycles. The Labute approximate surface area is 85.9 Å². The lowest BCUT2D eigenvalue weighted by Gasteiger charge is -2.07. The van der Waals surface area contributed by atoms with Crippen LogP contribution in [0, 0.1) is 6.92 Å². The number of carboxylic acids is 1. The molecule has 0 aliphatic rings. The van der Waals surface area contributed by atoms with Crippen molar-refractivity contribution in [1.82, 2.24) is 0 Å². The molecule has 0 atom stereocenters. The molecule has 2 nitrogen and oxygen atoms in total. The lowest BCUT2D eigenvalue weighted by atomic mass is 10.1. The van der Waals surface area contributed by atoms with Crippen molar-refractivity contribution in [3.05, 3.63) is 28.3 Å². The Kier molecular flexibility index (Phi) is 3.22. The minimum atomic E-state index is -0.927. The number of aryl methyl sites for hydroxylation is 1. The average molecular weight is 217 g/mol. The topological polar surface area (TPSA) is 37.3 Å². The molecule has 13 heavy (non-hydrogen) atoms. The minimum Gasteiger partial charge on any atom is -0.478 e. The third-order valence-electron chi connectivity index (χ3n) is 1.74. The summed E-state index contributed by atoms with van der Waals surface area (Å²) < 4.78 is 0. The van der Waals surface area contributed by atoms with Gasteiger partial charge in [0.1, 0.15) is 0 Å². The average Bonchev–Trinajstić information content (AvgIpc) is 2.07. The summed E-state index contributed by atoms with van der Waals surface area (Å²) in [6.45, 7) is 1.76. The number of benzene rings is 1. The summed E-state index contributed by atoms with van der Waals surface area (Å²) in [7, 11) is 0. The highest BCUT2D eigenvalue weighted by Crippen LogP contribution is 2.31. The summed E-state index contributed by atoms with van der Waals surface area (Å²) in [4.78, 5) is 11.5. The van der Waals surface area contributed by atoms with Gasteiger partial charge >= 0.3 is 5.97 Å². The molecule has 0 fully saturated rings. The van der Waals surface area contributed by atoms with Gasteiger partial charge in [-0.25, -0.2) is 4.79 Å². The SMILES string of the molecule is CSc1c(Cl)ccc(C)c1C(=O)O. The van der Waals surface area contributed by atoms with Gasteiger partial charge in [0.15, 0.2) is 0 Å². The number of hydrogen-bond donors (Lipinski definition) is 1. The predicted molar refractivity (Wildman–Crippen MR) is 54.9 cm³/mol. The van der Waals surface area contributed by atoms with Crippen LogP contribution in [0.25, 0.3) is 0 Å². The second-order valence-corrected chi connectivity index (χ2v) is 3.80. The van der Waals surface area contributed by atoms with Crippen LogP contribution in [0.2, 0.25) is 5.02 Å². The van der Waals surface area contributed by atoms with Crippen molar-refractivity contribution in [3.8, 4) is 0 Å². The zero-order chi connectivity index (χ0) is 10.0. The number of aromatic carboxylic acids is 1. The molecule has 0 bridgehead atoms. The van der Waals surface area contributed by atoms with E-state index in [0.717, 1.165) is 5.56 Å². The van der Waals surface area contributed by atoms with E-state index in [1.54, 1.807) is 19.1 Å². The fourth-order valence-corrected chi connectivity index (χ4v) is 2.23. The smallest absolute Gasteiger partial charge is 0.337 e. The molecular weight excluding hydrogens is 208 g/mol. The monoisotopic (exact) mass is 216 g/mol. The van der Waals surface area contributed by atoms with Crippen LogP contribution < -0.4 is 0 Å². The lowest BCUT2D eigenvalue weighted by molar-refractivity contribution is 0.0692. The molecule has 0 aliphatic heterocycles. The van der Waals surface area contributed by atoms with E-state index in [1.165, 1.54) is 11.8 Å². The van der Waals surface area contributed by atoms with E-state index in [-0.39, 0.29) is 0 Å². The summed E-state index contributed by atoms with van der Waals surface area (Å²) in [5.74, 6) is -0.927. The fourth-order valence-electron chi connectivity index (χ4n) is 1.12. The number of halogens is 1. The maximum atomic E-state index is 10.9. The Morgan fingerprint density at radius 3 is 2.54 bits per heavy atom. The maximum Gasteiger partial charge on any atom is 0.337 e. The Balaban J connectivity index is 3.43. The Bertz CT molecular complexity index is 350. The molecule has 0 saturated heterocycles. The first-order valence-electron chi connectivity index (χ1n) is 3.64. The van der Waals surface area contributed by atoms with Gasteiger partial charge in [0.25, 0.3) is 0 Å². The van der Waals surface area contributed by atoms with E-state index in [0.29, 0.717) is 15.5 Å². The summed E-state index contributed by atoms with van der Waals surface area (Å²) in [6.07, 6.45) is 1.81. The summed E-state index contributed by atoms with van der Waals surface area (Å²) in [5, 5.41) is 9.43. The normalized spacial score (nSPS) is 10.1. The molecule has 1 aromatic rings. The number of thioether (sulfide) groups is 1. The second kappa shape index (κ2) is 4.03. The first-order chi connectivity index (χ1) is 6.07. The van der Waals surface area contributed by atoms with Crippen molar-refractivity contribution in [1.29, 1.82) is 0 Å². The van der Waals surface area contributed by atoms with Crippen LogP contribution in [0.15, 0.2) is 17.0 Å². The summed E-state index contributed by atoms with van der Waals surface area (Å²) >= 11 is 7.21. The fraction of sp³-hybridized carbons (Fsp3) is 0.222. The molecule has 70 valence electrons. The molecule has 0 saturated carbocycles. The van der Waals surface area contributed by atoms with E-state index >= 15 is 0 Å². The molecule has 1 N–H and O–H groups in total. The van der Waals surface area contributed by atoms with Gasteiger partial charge in [0, 0.05) is 4.90 Å². The van der Waals surface area contributed by atoms with Gasteiger partial charge in [-0.05, 0) is 24.8 Å². The zero-order valence-electron chi connectivity index (χ0n) is 7.30. The Morgan fingerprint density at radius 2 is 2.15 bits per heavy atom. The predicted octanol–water partition coefficient (Wildman–Crippen LogP) is 3.07. The van der Waals surface area contributed by atoms with E-state index in [1.807, 2.05) is 6.26 Å². The van der Waals surface area contributed by atoms with Gasteiger partial charge in [-0.2, -0.15) is 0 Å². The quantitative estimate of drug-likeness (QED) is 0.772. The van der Waals surface area contributed by atoms with Crippen LogP contribution in [-0.4, -0.2) is 17.3 Å². The molecule has 0 spiro atoms. The lowest BCUT2D eigenvalue weighted by Crippen LogP contribution is -2.02. The van der Waals surface area contributed by atoms with Gasteiger partial charge < -0.3 is 5.11 Å². The van der Waals surface area contributed by atoms with Crippen LogP contribution in [-0.2, 0) is 0 Å². The van der Waals surface area contributed by atoms with Crippen molar-refractivity contribution in [2.45, 2.75) is 11.8 Å². The highest BCUT2D eigenvalue weighted by molar-refractivity contribution is 7.98. The van der Waals surface area contributed by atoms with Crippen molar-refractivity contribution in [2.75, 3.05) is 6.26 Å².